The third-order valence-corrected chi connectivity index (χ3v) is 5.66. The van der Waals surface area contributed by atoms with Crippen molar-refractivity contribution in [1.29, 1.82) is 0 Å². The molecule has 1 aliphatic heterocycles. The Morgan fingerprint density at radius 1 is 1.21 bits per heavy atom. The van der Waals surface area contributed by atoms with Crippen molar-refractivity contribution in [2.24, 2.45) is 5.92 Å². The van der Waals surface area contributed by atoms with Gasteiger partial charge in [0, 0.05) is 31.8 Å². The van der Waals surface area contributed by atoms with Crippen LogP contribution in [0.1, 0.15) is 43.5 Å². The molecule has 1 aromatic heterocycles. The number of aromatic hydroxyl groups is 1. The van der Waals surface area contributed by atoms with Crippen LogP contribution in [-0.4, -0.2) is 42.4 Å². The van der Waals surface area contributed by atoms with Crippen molar-refractivity contribution in [3.63, 3.8) is 0 Å². The number of nitrogens with one attached hydrogen (secondary N) is 1. The molecule has 7 heteroatoms. The maximum Gasteiger partial charge on any atom is 0.232 e. The largest absolute Gasteiger partial charge is 0.506 e. The lowest BCUT2D eigenvalue weighted by atomic mass is 9.91. The number of amides is 1. The van der Waals surface area contributed by atoms with Crippen LogP contribution in [0.2, 0.25) is 0 Å². The van der Waals surface area contributed by atoms with Crippen LogP contribution >= 0.6 is 0 Å². The molecule has 0 saturated carbocycles. The maximum atomic E-state index is 13.0. The van der Waals surface area contributed by atoms with E-state index in [1.54, 1.807) is 30.3 Å². The number of phenols is 1. The number of fused-ring (bicyclic) bond motifs is 1. The number of carbonyl (C=O) groups excluding carboxylic acids is 2. The van der Waals surface area contributed by atoms with Gasteiger partial charge in [-0.15, -0.1) is 0 Å². The second-order valence-corrected chi connectivity index (χ2v) is 7.46. The third-order valence-electron chi connectivity index (χ3n) is 5.66. The summed E-state index contributed by atoms with van der Waals surface area (Å²) >= 11 is 0. The van der Waals surface area contributed by atoms with Gasteiger partial charge in [-0.25, -0.2) is 4.98 Å². The van der Waals surface area contributed by atoms with Gasteiger partial charge in [-0.05, 0) is 31.0 Å². The van der Waals surface area contributed by atoms with E-state index in [-0.39, 0.29) is 23.6 Å². The highest BCUT2D eigenvalue weighted by atomic mass is 16.3. The summed E-state index contributed by atoms with van der Waals surface area (Å²) in [6.45, 7) is 4.19. The highest BCUT2D eigenvalue weighted by Gasteiger charge is 2.37. The van der Waals surface area contributed by atoms with Gasteiger partial charge in [-0.2, -0.15) is 0 Å². The molecule has 0 spiro atoms. The molecule has 0 fully saturated rings. The monoisotopic (exact) mass is 396 g/mol. The number of aldehydes is 1. The highest BCUT2D eigenvalue weighted by Crippen LogP contribution is 2.39. The smallest absolute Gasteiger partial charge is 0.232 e. The van der Waals surface area contributed by atoms with Crippen molar-refractivity contribution in [3.8, 4) is 5.75 Å². The normalized spacial score (nSPS) is 19.0. The van der Waals surface area contributed by atoms with Crippen LogP contribution in [0, 0.1) is 5.92 Å². The number of nitrogens with zero attached hydrogens (tertiary/aromatic N) is 3. The Bertz CT molecular complexity index is 915. The van der Waals surface area contributed by atoms with Crippen LogP contribution in [0.3, 0.4) is 0 Å². The summed E-state index contributed by atoms with van der Waals surface area (Å²) in [6, 6.07) is 6.67. The Balaban J connectivity index is 2.00. The van der Waals surface area contributed by atoms with E-state index in [4.69, 9.17) is 0 Å². The van der Waals surface area contributed by atoms with Crippen molar-refractivity contribution < 1.29 is 14.7 Å². The molecule has 2 aromatic rings. The van der Waals surface area contributed by atoms with Crippen molar-refractivity contribution in [2.75, 3.05) is 29.2 Å². The molecule has 0 bridgehead atoms. The predicted octanol–water partition coefficient (Wildman–Crippen LogP) is 3.95. The summed E-state index contributed by atoms with van der Waals surface area (Å²) in [5.74, 6) is 0.563. The zero-order valence-corrected chi connectivity index (χ0v) is 17.3. The molecule has 7 nitrogen and oxygen atoms in total. The third kappa shape index (κ3) is 3.90. The highest BCUT2D eigenvalue weighted by molar-refractivity contribution is 6.00. The van der Waals surface area contributed by atoms with Crippen LogP contribution < -0.4 is 15.1 Å². The molecule has 154 valence electrons. The van der Waals surface area contributed by atoms with Gasteiger partial charge >= 0.3 is 0 Å². The number of phenolic OH excluding ortho intramolecular Hbond substituents is 1. The molecule has 0 saturated heterocycles. The Labute approximate surface area is 171 Å². The SMILES string of the molecule is CCCC1C(CC)C(=O)N(C)c2cnc(Nc3ccc(C=O)cc3O)cc2N1C. The number of aromatic nitrogens is 1. The van der Waals surface area contributed by atoms with Gasteiger partial charge in [-0.3, -0.25) is 9.59 Å². The van der Waals surface area contributed by atoms with Gasteiger partial charge in [-0.1, -0.05) is 20.3 Å². The Hall–Kier alpha value is -3.09. The van der Waals surface area contributed by atoms with E-state index in [2.05, 4.69) is 29.0 Å². The average Bonchev–Trinajstić information content (AvgIpc) is 2.79. The fraction of sp³-hybridized carbons (Fsp3) is 0.409. The summed E-state index contributed by atoms with van der Waals surface area (Å²) in [7, 11) is 3.82. The first-order chi connectivity index (χ1) is 13.9. The topological polar surface area (TPSA) is 85.8 Å². The van der Waals surface area contributed by atoms with E-state index in [1.165, 1.54) is 6.07 Å². The summed E-state index contributed by atoms with van der Waals surface area (Å²) < 4.78 is 0. The van der Waals surface area contributed by atoms with E-state index < -0.39 is 0 Å². The number of pyridine rings is 1. The zero-order chi connectivity index (χ0) is 21.1. The van der Waals surface area contributed by atoms with Gasteiger partial charge in [0.2, 0.25) is 5.91 Å². The van der Waals surface area contributed by atoms with Gasteiger partial charge in [0.05, 0.1) is 29.2 Å². The lowest BCUT2D eigenvalue weighted by Crippen LogP contribution is -2.42. The number of carbonyl (C=O) groups is 2. The van der Waals surface area contributed by atoms with Crippen LogP contribution in [0.4, 0.5) is 22.9 Å². The van der Waals surface area contributed by atoms with E-state index in [9.17, 15) is 14.7 Å². The number of hydrogen-bond donors (Lipinski definition) is 2. The molecular weight excluding hydrogens is 368 g/mol. The Morgan fingerprint density at radius 3 is 2.59 bits per heavy atom. The predicted molar refractivity (Wildman–Crippen MR) is 115 cm³/mol. The molecule has 0 radical (unpaired) electrons. The molecule has 2 atom stereocenters. The molecule has 2 heterocycles. The molecule has 2 N–H and O–H groups in total. The fourth-order valence-electron chi connectivity index (χ4n) is 4.03. The first kappa shape index (κ1) is 20.6. The van der Waals surface area contributed by atoms with E-state index in [0.717, 1.165) is 30.6 Å². The molecule has 1 aliphatic rings. The lowest BCUT2D eigenvalue weighted by Gasteiger charge is -2.32. The molecular formula is C22H28N4O3. The van der Waals surface area contributed by atoms with Gasteiger partial charge in [0.15, 0.2) is 0 Å². The second-order valence-electron chi connectivity index (χ2n) is 7.46. The maximum absolute atomic E-state index is 13.0. The molecule has 2 unspecified atom stereocenters. The molecule has 29 heavy (non-hydrogen) atoms. The second kappa shape index (κ2) is 8.51. The zero-order valence-electron chi connectivity index (χ0n) is 17.3. The van der Waals surface area contributed by atoms with Crippen molar-refractivity contribution in [2.45, 2.75) is 39.2 Å². The van der Waals surface area contributed by atoms with Crippen molar-refractivity contribution in [3.05, 3.63) is 36.0 Å². The average molecular weight is 396 g/mol. The fourth-order valence-corrected chi connectivity index (χ4v) is 4.03. The van der Waals surface area contributed by atoms with Crippen molar-refractivity contribution >= 4 is 35.1 Å². The van der Waals surface area contributed by atoms with Gasteiger partial charge < -0.3 is 20.2 Å². The molecule has 0 aliphatic carbocycles. The standard InChI is InChI=1S/C22H28N4O3/c1-5-7-17-15(6-2)22(29)26(4)19-12-23-21(11-18(19)25(17)3)24-16-9-8-14(13-27)10-20(16)28/h8-13,15,17,28H,5-7H2,1-4H3,(H,23,24). The number of benzene rings is 1. The minimum atomic E-state index is -0.0753. The number of rotatable bonds is 6. The molecule has 3 rings (SSSR count). The van der Waals surface area contributed by atoms with Crippen LogP contribution in [-0.2, 0) is 4.79 Å². The van der Waals surface area contributed by atoms with E-state index in [0.29, 0.717) is 23.4 Å². The Kier molecular flexibility index (Phi) is 6.06. The minimum absolute atomic E-state index is 0.0260. The summed E-state index contributed by atoms with van der Waals surface area (Å²) in [6.07, 6.45) is 5.06. The van der Waals surface area contributed by atoms with Crippen LogP contribution in [0.25, 0.3) is 0 Å². The number of anilines is 4. The van der Waals surface area contributed by atoms with Crippen LogP contribution in [0.15, 0.2) is 30.5 Å². The first-order valence-electron chi connectivity index (χ1n) is 9.96. The van der Waals surface area contributed by atoms with Crippen LogP contribution in [0.5, 0.6) is 5.75 Å². The van der Waals surface area contributed by atoms with Gasteiger partial charge in [0.25, 0.3) is 0 Å². The summed E-state index contributed by atoms with van der Waals surface area (Å²) in [4.78, 5) is 32.2. The number of hydrogen-bond acceptors (Lipinski definition) is 6. The summed E-state index contributed by atoms with van der Waals surface area (Å²) in [5, 5.41) is 13.3. The lowest BCUT2D eigenvalue weighted by molar-refractivity contribution is -0.122. The van der Waals surface area contributed by atoms with E-state index in [1.807, 2.05) is 13.1 Å². The Morgan fingerprint density at radius 2 is 1.97 bits per heavy atom. The van der Waals surface area contributed by atoms with Crippen molar-refractivity contribution in [1.82, 2.24) is 4.98 Å². The quantitative estimate of drug-likeness (QED) is 0.568. The molecule has 1 aromatic carbocycles. The molecule has 1 amide bonds. The first-order valence-corrected chi connectivity index (χ1v) is 9.96. The minimum Gasteiger partial charge on any atom is -0.506 e. The summed E-state index contributed by atoms with van der Waals surface area (Å²) in [5.41, 5.74) is 2.54. The van der Waals surface area contributed by atoms with Gasteiger partial charge in [0.1, 0.15) is 17.9 Å². The van der Waals surface area contributed by atoms with E-state index >= 15 is 0 Å².